The minimum Gasteiger partial charge on any atom is -0.325 e. The van der Waals surface area contributed by atoms with Crippen molar-refractivity contribution in [2.75, 3.05) is 31.3 Å². The Balaban J connectivity index is 1.51. The van der Waals surface area contributed by atoms with Crippen molar-refractivity contribution in [3.8, 4) is 0 Å². The Kier molecular flexibility index (Phi) is 5.99. The number of aromatic nitrogens is 3. The molecule has 2 heterocycles. The third-order valence-corrected chi connectivity index (χ3v) is 5.71. The highest BCUT2D eigenvalue weighted by Crippen LogP contribution is 2.31. The average Bonchev–Trinajstić information content (AvgIpc) is 3.39. The second-order valence-corrected chi connectivity index (χ2v) is 8.38. The number of hydrogen-bond acceptors (Lipinski definition) is 5. The van der Waals surface area contributed by atoms with E-state index >= 15 is 0 Å². The normalized spacial score (nSPS) is 14.3. The zero-order chi connectivity index (χ0) is 22.0. The van der Waals surface area contributed by atoms with Gasteiger partial charge in [-0.25, -0.2) is 9.97 Å². The molecule has 0 radical (unpaired) electrons. The van der Waals surface area contributed by atoms with Gasteiger partial charge in [-0.15, -0.1) is 0 Å². The van der Waals surface area contributed by atoms with Crippen molar-refractivity contribution in [1.29, 1.82) is 0 Å². The number of fused-ring (bicyclic) bond motifs is 1. The molecule has 0 aliphatic heterocycles. The molecule has 2 N–H and O–H groups in total. The predicted octanol–water partition coefficient (Wildman–Crippen LogP) is 3.61. The Morgan fingerprint density at radius 2 is 1.84 bits per heavy atom. The van der Waals surface area contributed by atoms with E-state index in [2.05, 4.69) is 25.2 Å². The molecule has 3 aromatic rings. The molecule has 1 aliphatic rings. The molecule has 0 spiro atoms. The molecule has 2 amide bonds. The van der Waals surface area contributed by atoms with Gasteiger partial charge in [-0.3, -0.25) is 9.59 Å². The van der Waals surface area contributed by atoms with Crippen molar-refractivity contribution in [1.82, 2.24) is 19.4 Å². The van der Waals surface area contributed by atoms with Gasteiger partial charge in [0.25, 0.3) is 5.91 Å². The molecular weight excluding hydrogens is 392 g/mol. The number of carbonyl (C=O) groups is 2. The van der Waals surface area contributed by atoms with Crippen LogP contribution in [0.15, 0.2) is 36.8 Å². The van der Waals surface area contributed by atoms with Gasteiger partial charge in [0.15, 0.2) is 5.65 Å². The molecule has 1 fully saturated rings. The van der Waals surface area contributed by atoms with Crippen molar-refractivity contribution in [2.24, 2.45) is 0 Å². The number of anilines is 2. The van der Waals surface area contributed by atoms with E-state index in [4.69, 9.17) is 0 Å². The highest BCUT2D eigenvalue weighted by Gasteiger charge is 2.20. The number of nitrogens with one attached hydrogen (secondary N) is 2. The van der Waals surface area contributed by atoms with Crippen LogP contribution in [0.4, 0.5) is 11.4 Å². The van der Waals surface area contributed by atoms with E-state index in [-0.39, 0.29) is 18.4 Å². The number of imidazole rings is 1. The Morgan fingerprint density at radius 1 is 1.13 bits per heavy atom. The minimum absolute atomic E-state index is 0.107. The van der Waals surface area contributed by atoms with Gasteiger partial charge >= 0.3 is 0 Å². The van der Waals surface area contributed by atoms with Crippen LogP contribution < -0.4 is 10.6 Å². The first-order valence-corrected chi connectivity index (χ1v) is 10.6. The standard InChI is InChI=1S/C23H28N6O2/c1-15-18(26-21(30)13-28(2)3)9-6-10-19(15)27-23(31)16-11-20-22(24-12-16)29(14-25-20)17-7-4-5-8-17/h6,9-12,14,17H,4-5,7-8,13H2,1-3H3,(H,26,30)(H,27,31). The molecule has 1 aliphatic carbocycles. The number of amides is 2. The molecule has 0 unspecified atom stereocenters. The highest BCUT2D eigenvalue weighted by molar-refractivity contribution is 6.06. The summed E-state index contributed by atoms with van der Waals surface area (Å²) in [5, 5.41) is 5.82. The first kappa shape index (κ1) is 21.0. The lowest BCUT2D eigenvalue weighted by atomic mass is 10.1. The Bertz CT molecular complexity index is 1110. The van der Waals surface area contributed by atoms with Crippen LogP contribution in [0.1, 0.15) is 47.6 Å². The fourth-order valence-electron chi connectivity index (χ4n) is 4.07. The van der Waals surface area contributed by atoms with Crippen LogP contribution in [0.3, 0.4) is 0 Å². The van der Waals surface area contributed by atoms with Gasteiger partial charge in [0.05, 0.1) is 18.4 Å². The molecule has 2 aromatic heterocycles. The van der Waals surface area contributed by atoms with Gasteiger partial charge < -0.3 is 20.1 Å². The number of nitrogens with zero attached hydrogens (tertiary/aromatic N) is 4. The number of rotatable bonds is 6. The lowest BCUT2D eigenvalue weighted by Crippen LogP contribution is -2.27. The second-order valence-electron chi connectivity index (χ2n) is 8.38. The quantitative estimate of drug-likeness (QED) is 0.636. The summed E-state index contributed by atoms with van der Waals surface area (Å²) in [6, 6.07) is 7.67. The van der Waals surface area contributed by atoms with E-state index in [9.17, 15) is 9.59 Å². The maximum Gasteiger partial charge on any atom is 0.257 e. The third kappa shape index (κ3) is 4.59. The Hall–Kier alpha value is -3.26. The zero-order valence-corrected chi connectivity index (χ0v) is 18.2. The summed E-state index contributed by atoms with van der Waals surface area (Å²) in [4.78, 5) is 35.8. The molecule has 0 bridgehead atoms. The number of benzene rings is 1. The molecule has 1 aromatic carbocycles. The molecule has 8 heteroatoms. The monoisotopic (exact) mass is 420 g/mol. The van der Waals surface area contributed by atoms with Crippen molar-refractivity contribution in [2.45, 2.75) is 38.6 Å². The number of hydrogen-bond donors (Lipinski definition) is 2. The van der Waals surface area contributed by atoms with Gasteiger partial charge in [-0.1, -0.05) is 18.9 Å². The van der Waals surface area contributed by atoms with Crippen LogP contribution in [0.25, 0.3) is 11.2 Å². The number of likely N-dealkylation sites (N-methyl/N-ethyl adjacent to an activating group) is 1. The van der Waals surface area contributed by atoms with Gasteiger partial charge in [-0.2, -0.15) is 0 Å². The van der Waals surface area contributed by atoms with E-state index in [1.54, 1.807) is 23.2 Å². The van der Waals surface area contributed by atoms with Crippen LogP contribution in [-0.2, 0) is 4.79 Å². The highest BCUT2D eigenvalue weighted by atomic mass is 16.2. The maximum atomic E-state index is 12.9. The summed E-state index contributed by atoms with van der Waals surface area (Å²) in [6.45, 7) is 2.15. The zero-order valence-electron chi connectivity index (χ0n) is 18.2. The van der Waals surface area contributed by atoms with Gasteiger partial charge in [0.2, 0.25) is 5.91 Å². The van der Waals surface area contributed by atoms with E-state index < -0.39 is 0 Å². The lowest BCUT2D eigenvalue weighted by molar-refractivity contribution is -0.116. The Morgan fingerprint density at radius 3 is 2.55 bits per heavy atom. The first-order chi connectivity index (χ1) is 14.9. The Labute approximate surface area is 181 Å². The molecule has 31 heavy (non-hydrogen) atoms. The number of pyridine rings is 1. The summed E-state index contributed by atoms with van der Waals surface area (Å²) in [5.74, 6) is -0.367. The van der Waals surface area contributed by atoms with E-state index in [0.717, 1.165) is 29.6 Å². The van der Waals surface area contributed by atoms with Crippen LogP contribution in [0, 0.1) is 6.92 Å². The molecule has 0 saturated heterocycles. The first-order valence-electron chi connectivity index (χ1n) is 10.6. The molecule has 1 saturated carbocycles. The minimum atomic E-state index is -0.260. The largest absolute Gasteiger partial charge is 0.325 e. The van der Waals surface area contributed by atoms with E-state index in [0.29, 0.717) is 23.0 Å². The average molecular weight is 421 g/mol. The van der Waals surface area contributed by atoms with Crippen molar-refractivity contribution >= 4 is 34.4 Å². The van der Waals surface area contributed by atoms with Gasteiger partial charge in [0.1, 0.15) is 5.52 Å². The summed E-state index contributed by atoms with van der Waals surface area (Å²) in [6.07, 6.45) is 8.20. The predicted molar refractivity (Wildman–Crippen MR) is 121 cm³/mol. The van der Waals surface area contributed by atoms with Gasteiger partial charge in [0, 0.05) is 23.6 Å². The smallest absolute Gasteiger partial charge is 0.257 e. The lowest BCUT2D eigenvalue weighted by Gasteiger charge is -2.15. The van der Waals surface area contributed by atoms with Crippen LogP contribution in [0.2, 0.25) is 0 Å². The maximum absolute atomic E-state index is 12.9. The fraction of sp³-hybridized carbons (Fsp3) is 0.391. The van der Waals surface area contributed by atoms with Crippen molar-refractivity contribution < 1.29 is 9.59 Å². The summed E-state index contributed by atoms with van der Waals surface area (Å²) in [7, 11) is 3.68. The number of carbonyl (C=O) groups excluding carboxylic acids is 2. The van der Waals surface area contributed by atoms with E-state index in [1.807, 2.05) is 39.5 Å². The molecule has 162 valence electrons. The van der Waals surface area contributed by atoms with Gasteiger partial charge in [-0.05, 0) is 57.6 Å². The second kappa shape index (κ2) is 8.85. The van der Waals surface area contributed by atoms with E-state index in [1.165, 1.54) is 12.8 Å². The molecule has 8 nitrogen and oxygen atoms in total. The van der Waals surface area contributed by atoms with Crippen LogP contribution in [0.5, 0.6) is 0 Å². The summed E-state index contributed by atoms with van der Waals surface area (Å²) >= 11 is 0. The molecule has 4 rings (SSSR count). The van der Waals surface area contributed by atoms with Crippen LogP contribution in [-0.4, -0.2) is 51.9 Å². The summed E-state index contributed by atoms with van der Waals surface area (Å²) < 4.78 is 2.13. The SMILES string of the molecule is Cc1c(NC(=O)CN(C)C)cccc1NC(=O)c1cnc2c(c1)ncn2C1CCCC1. The topological polar surface area (TPSA) is 92.2 Å². The fourth-order valence-corrected chi connectivity index (χ4v) is 4.07. The molecule has 0 atom stereocenters. The summed E-state index contributed by atoms with van der Waals surface area (Å²) in [5.41, 5.74) is 4.11. The van der Waals surface area contributed by atoms with Crippen molar-refractivity contribution in [3.05, 3.63) is 47.9 Å². The molecular formula is C23H28N6O2. The van der Waals surface area contributed by atoms with Crippen LogP contribution >= 0.6 is 0 Å². The van der Waals surface area contributed by atoms with Crippen molar-refractivity contribution in [3.63, 3.8) is 0 Å². The third-order valence-electron chi connectivity index (χ3n) is 5.71.